The second-order valence-electron chi connectivity index (χ2n) is 4.91. The number of carbonyl (C=O) groups excluding carboxylic acids is 4. The maximum absolute atomic E-state index is 12.1. The average molecular weight is 296 g/mol. The van der Waals surface area contributed by atoms with Crippen LogP contribution in [0.25, 0.3) is 0 Å². The van der Waals surface area contributed by atoms with Crippen LogP contribution in [0.2, 0.25) is 0 Å². The zero-order chi connectivity index (χ0) is 15.5. The van der Waals surface area contributed by atoms with Gasteiger partial charge >= 0.3 is 12.1 Å². The van der Waals surface area contributed by atoms with Crippen molar-refractivity contribution in [3.05, 3.63) is 12.7 Å². The molecule has 8 heteroatoms. The summed E-state index contributed by atoms with van der Waals surface area (Å²) in [6.07, 6.45) is 2.12. The lowest BCUT2D eigenvalue weighted by Gasteiger charge is -2.39. The predicted octanol–water partition coefficient (Wildman–Crippen LogP) is 0.428. The third-order valence-corrected chi connectivity index (χ3v) is 3.45. The number of imide groups is 1. The van der Waals surface area contributed by atoms with Crippen molar-refractivity contribution in [2.45, 2.75) is 37.6 Å². The van der Waals surface area contributed by atoms with Crippen LogP contribution in [-0.4, -0.2) is 41.1 Å². The standard InChI is InChI=1S/C13H16N2O6/c1-2-8-20-12(19)14-13(6-3-7-13)11(18)21-15-9(16)4-5-10(15)17/h2H,1,3-8H2,(H,14,19). The summed E-state index contributed by atoms with van der Waals surface area (Å²) < 4.78 is 4.76. The summed E-state index contributed by atoms with van der Waals surface area (Å²) in [7, 11) is 0. The minimum Gasteiger partial charge on any atom is -0.445 e. The lowest BCUT2D eigenvalue weighted by Crippen LogP contribution is -2.61. The van der Waals surface area contributed by atoms with Crippen molar-refractivity contribution in [3.63, 3.8) is 0 Å². The topological polar surface area (TPSA) is 102 Å². The van der Waals surface area contributed by atoms with Crippen molar-refractivity contribution in [2.75, 3.05) is 6.61 Å². The summed E-state index contributed by atoms with van der Waals surface area (Å²) >= 11 is 0. The van der Waals surface area contributed by atoms with Crippen molar-refractivity contribution in [1.29, 1.82) is 0 Å². The fourth-order valence-corrected chi connectivity index (χ4v) is 2.10. The van der Waals surface area contributed by atoms with Crippen molar-refractivity contribution in [3.8, 4) is 0 Å². The largest absolute Gasteiger partial charge is 0.445 e. The molecule has 0 radical (unpaired) electrons. The Morgan fingerprint density at radius 1 is 1.29 bits per heavy atom. The molecule has 2 aliphatic rings. The van der Waals surface area contributed by atoms with E-state index in [0.717, 1.165) is 6.42 Å². The van der Waals surface area contributed by atoms with E-state index in [0.29, 0.717) is 17.9 Å². The fourth-order valence-electron chi connectivity index (χ4n) is 2.10. The van der Waals surface area contributed by atoms with E-state index in [9.17, 15) is 19.2 Å². The zero-order valence-electron chi connectivity index (χ0n) is 11.4. The highest BCUT2D eigenvalue weighted by Gasteiger charge is 2.49. The molecule has 0 aromatic carbocycles. The molecule has 0 aromatic heterocycles. The van der Waals surface area contributed by atoms with Gasteiger partial charge in [0.05, 0.1) is 0 Å². The van der Waals surface area contributed by atoms with Crippen LogP contribution in [-0.2, 0) is 24.0 Å². The van der Waals surface area contributed by atoms with Crippen LogP contribution in [0.5, 0.6) is 0 Å². The van der Waals surface area contributed by atoms with Gasteiger partial charge in [-0.05, 0) is 19.3 Å². The number of nitrogens with one attached hydrogen (secondary N) is 1. The number of amides is 3. The van der Waals surface area contributed by atoms with E-state index in [4.69, 9.17) is 9.57 Å². The molecule has 0 spiro atoms. The Labute approximate surface area is 121 Å². The third-order valence-electron chi connectivity index (χ3n) is 3.45. The van der Waals surface area contributed by atoms with Gasteiger partial charge in [-0.25, -0.2) is 9.59 Å². The van der Waals surface area contributed by atoms with Crippen LogP contribution < -0.4 is 5.32 Å². The first-order valence-electron chi connectivity index (χ1n) is 6.62. The quantitative estimate of drug-likeness (QED) is 0.583. The van der Waals surface area contributed by atoms with E-state index >= 15 is 0 Å². The van der Waals surface area contributed by atoms with Crippen LogP contribution >= 0.6 is 0 Å². The lowest BCUT2D eigenvalue weighted by molar-refractivity contribution is -0.204. The Kier molecular flexibility index (Phi) is 4.25. The van der Waals surface area contributed by atoms with Crippen molar-refractivity contribution in [2.24, 2.45) is 0 Å². The second kappa shape index (κ2) is 5.94. The Bertz CT molecular complexity index is 481. The van der Waals surface area contributed by atoms with E-state index in [2.05, 4.69) is 11.9 Å². The molecular weight excluding hydrogens is 280 g/mol. The van der Waals surface area contributed by atoms with Gasteiger partial charge in [-0.3, -0.25) is 9.59 Å². The molecule has 2 rings (SSSR count). The normalized spacial score (nSPS) is 19.7. The Hall–Kier alpha value is -2.38. The number of alkyl carbamates (subject to hydrolysis) is 1. The average Bonchev–Trinajstić information content (AvgIpc) is 2.72. The lowest BCUT2D eigenvalue weighted by atomic mass is 9.77. The van der Waals surface area contributed by atoms with E-state index < -0.39 is 29.4 Å². The summed E-state index contributed by atoms with van der Waals surface area (Å²) in [6, 6.07) is 0. The molecule has 1 saturated carbocycles. The van der Waals surface area contributed by atoms with Crippen molar-refractivity contribution >= 4 is 23.9 Å². The van der Waals surface area contributed by atoms with Crippen LogP contribution in [0.15, 0.2) is 12.7 Å². The number of ether oxygens (including phenoxy) is 1. The molecular formula is C13H16N2O6. The van der Waals surface area contributed by atoms with E-state index in [1.165, 1.54) is 6.08 Å². The predicted molar refractivity (Wildman–Crippen MR) is 68.4 cm³/mol. The number of carbonyl (C=O) groups is 4. The summed E-state index contributed by atoms with van der Waals surface area (Å²) in [4.78, 5) is 51.4. The maximum Gasteiger partial charge on any atom is 0.408 e. The molecule has 3 amide bonds. The third kappa shape index (κ3) is 3.04. The van der Waals surface area contributed by atoms with Gasteiger partial charge in [0.25, 0.3) is 11.8 Å². The molecule has 0 atom stereocenters. The Morgan fingerprint density at radius 2 is 1.90 bits per heavy atom. The van der Waals surface area contributed by atoms with Gasteiger partial charge < -0.3 is 14.9 Å². The number of rotatable bonds is 5. The summed E-state index contributed by atoms with van der Waals surface area (Å²) in [5, 5.41) is 2.91. The van der Waals surface area contributed by atoms with Crippen LogP contribution in [0.1, 0.15) is 32.1 Å². The van der Waals surface area contributed by atoms with Gasteiger partial charge in [0.1, 0.15) is 12.1 Å². The molecule has 1 aliphatic heterocycles. The van der Waals surface area contributed by atoms with Gasteiger partial charge in [-0.1, -0.05) is 12.7 Å². The summed E-state index contributed by atoms with van der Waals surface area (Å²) in [5.74, 6) is -1.94. The molecule has 21 heavy (non-hydrogen) atoms. The van der Waals surface area contributed by atoms with Gasteiger partial charge in [0.15, 0.2) is 0 Å². The maximum atomic E-state index is 12.1. The summed E-state index contributed by atoms with van der Waals surface area (Å²) in [5.41, 5.74) is -1.23. The minimum absolute atomic E-state index is 0.0139. The first-order valence-corrected chi connectivity index (χ1v) is 6.62. The number of nitrogens with zero attached hydrogens (tertiary/aromatic N) is 1. The molecule has 0 unspecified atom stereocenters. The van der Waals surface area contributed by atoms with E-state index in [1.807, 2.05) is 0 Å². The second-order valence-corrected chi connectivity index (χ2v) is 4.91. The van der Waals surface area contributed by atoms with E-state index in [1.54, 1.807) is 0 Å². The smallest absolute Gasteiger partial charge is 0.408 e. The van der Waals surface area contributed by atoms with Gasteiger partial charge in [0.2, 0.25) is 0 Å². The van der Waals surface area contributed by atoms with Crippen LogP contribution in [0, 0.1) is 0 Å². The molecule has 0 bridgehead atoms. The van der Waals surface area contributed by atoms with Gasteiger partial charge in [-0.2, -0.15) is 0 Å². The van der Waals surface area contributed by atoms with Gasteiger partial charge in [0, 0.05) is 12.8 Å². The van der Waals surface area contributed by atoms with E-state index in [-0.39, 0.29) is 19.4 Å². The molecule has 8 nitrogen and oxygen atoms in total. The molecule has 1 N–H and O–H groups in total. The molecule has 1 heterocycles. The molecule has 114 valence electrons. The highest BCUT2D eigenvalue weighted by Crippen LogP contribution is 2.34. The summed E-state index contributed by atoms with van der Waals surface area (Å²) in [6.45, 7) is 3.42. The number of hydrogen-bond acceptors (Lipinski definition) is 6. The first kappa shape index (κ1) is 15.0. The van der Waals surface area contributed by atoms with Crippen LogP contribution in [0.3, 0.4) is 0 Å². The highest BCUT2D eigenvalue weighted by atomic mass is 16.7. The Morgan fingerprint density at radius 3 is 2.38 bits per heavy atom. The van der Waals surface area contributed by atoms with Gasteiger partial charge in [-0.15, -0.1) is 5.06 Å². The molecule has 1 aliphatic carbocycles. The first-order chi connectivity index (χ1) is 9.98. The monoisotopic (exact) mass is 296 g/mol. The SMILES string of the molecule is C=CCOC(=O)NC1(C(=O)ON2C(=O)CCC2=O)CCC1. The minimum atomic E-state index is -1.23. The Balaban J connectivity index is 1.97. The van der Waals surface area contributed by atoms with Crippen molar-refractivity contribution < 1.29 is 28.8 Å². The number of hydrogen-bond donors (Lipinski definition) is 1. The fraction of sp³-hybridized carbons (Fsp3) is 0.538. The highest BCUT2D eigenvalue weighted by molar-refractivity contribution is 6.02. The number of hydroxylamine groups is 2. The van der Waals surface area contributed by atoms with Crippen LogP contribution in [0.4, 0.5) is 4.79 Å². The zero-order valence-corrected chi connectivity index (χ0v) is 11.4. The van der Waals surface area contributed by atoms with Crippen molar-refractivity contribution in [1.82, 2.24) is 10.4 Å². The molecule has 0 aromatic rings. The molecule has 1 saturated heterocycles. The molecule has 2 fully saturated rings.